The van der Waals surface area contributed by atoms with E-state index >= 15 is 0 Å². The largest absolute Gasteiger partial charge is 0.462 e. The molecule has 0 unspecified atom stereocenters. The number of carbonyl (C=O) groups is 3. The van der Waals surface area contributed by atoms with Crippen LogP contribution in [0.5, 0.6) is 0 Å². The first-order valence-corrected chi connectivity index (χ1v) is 7.71. The maximum absolute atomic E-state index is 12.4. The van der Waals surface area contributed by atoms with Crippen molar-refractivity contribution >= 4 is 23.4 Å². The molecule has 0 aromatic carbocycles. The first kappa shape index (κ1) is 17.5. The van der Waals surface area contributed by atoms with Crippen molar-refractivity contribution in [2.24, 2.45) is 0 Å². The Morgan fingerprint density at radius 2 is 1.38 bits per heavy atom. The molecule has 0 radical (unpaired) electrons. The lowest BCUT2D eigenvalue weighted by molar-refractivity contribution is 0.0459. The summed E-state index contributed by atoms with van der Waals surface area (Å²) >= 11 is 0. The van der Waals surface area contributed by atoms with Gasteiger partial charge in [-0.15, -0.1) is 0 Å². The number of rotatable bonds is 6. The van der Waals surface area contributed by atoms with E-state index in [1.54, 1.807) is 45.2 Å². The number of esters is 3. The Bertz CT molecular complexity index is 722. The van der Waals surface area contributed by atoms with Gasteiger partial charge in [0.05, 0.1) is 25.3 Å². The van der Waals surface area contributed by atoms with Gasteiger partial charge >= 0.3 is 17.9 Å². The van der Waals surface area contributed by atoms with Gasteiger partial charge in [-0.3, -0.25) is 0 Å². The van der Waals surface area contributed by atoms with Crippen molar-refractivity contribution in [1.82, 2.24) is 4.40 Å². The highest BCUT2D eigenvalue weighted by atomic mass is 16.5. The molecule has 0 spiro atoms. The lowest BCUT2D eigenvalue weighted by atomic mass is 10.1. The molecule has 24 heavy (non-hydrogen) atoms. The maximum Gasteiger partial charge on any atom is 0.356 e. The molecule has 0 fully saturated rings. The summed E-state index contributed by atoms with van der Waals surface area (Å²) in [6.07, 6.45) is 1.58. The summed E-state index contributed by atoms with van der Waals surface area (Å²) < 4.78 is 16.6. The molecule has 128 valence electrons. The molecular weight excluding hydrogens is 314 g/mol. The number of nitrogens with zero attached hydrogens (tertiary/aromatic N) is 1. The fourth-order valence-electron chi connectivity index (χ4n) is 2.42. The average molecular weight is 333 g/mol. The van der Waals surface area contributed by atoms with Crippen LogP contribution in [0.1, 0.15) is 52.0 Å². The molecule has 0 N–H and O–H groups in total. The van der Waals surface area contributed by atoms with Crippen molar-refractivity contribution in [3.63, 3.8) is 0 Å². The zero-order valence-corrected chi connectivity index (χ0v) is 13.8. The van der Waals surface area contributed by atoms with E-state index < -0.39 is 17.9 Å². The van der Waals surface area contributed by atoms with Gasteiger partial charge in [0.1, 0.15) is 16.8 Å². The summed E-state index contributed by atoms with van der Waals surface area (Å²) in [4.78, 5) is 37.2. The maximum atomic E-state index is 12.4. The average Bonchev–Trinajstić information content (AvgIpc) is 2.91. The van der Waals surface area contributed by atoms with Crippen molar-refractivity contribution in [3.8, 4) is 0 Å². The van der Waals surface area contributed by atoms with Crippen LogP contribution in [0, 0.1) is 0 Å². The number of carbonyl (C=O) groups excluding carboxylic acids is 3. The number of pyridine rings is 1. The smallest absolute Gasteiger partial charge is 0.356 e. The molecule has 0 saturated heterocycles. The molecule has 0 saturated carbocycles. The Morgan fingerprint density at radius 3 is 1.96 bits per heavy atom. The Labute approximate surface area is 139 Å². The number of fused-ring (bicyclic) bond motifs is 1. The molecule has 2 heterocycles. The summed E-state index contributed by atoms with van der Waals surface area (Å²) in [5.41, 5.74) is 0.190. The van der Waals surface area contributed by atoms with Gasteiger partial charge in [-0.25, -0.2) is 14.4 Å². The number of hydrogen-bond donors (Lipinski definition) is 0. The van der Waals surface area contributed by atoms with Gasteiger partial charge in [-0.05, 0) is 32.9 Å². The first-order chi connectivity index (χ1) is 11.6. The third-order valence-electron chi connectivity index (χ3n) is 3.27. The summed E-state index contributed by atoms with van der Waals surface area (Å²) in [7, 11) is 0. The normalized spacial score (nSPS) is 10.5. The number of aromatic nitrogens is 1. The van der Waals surface area contributed by atoms with Crippen molar-refractivity contribution in [1.29, 1.82) is 0 Å². The molecule has 0 bridgehead atoms. The molecule has 0 aliphatic carbocycles. The Morgan fingerprint density at radius 1 is 0.833 bits per heavy atom. The summed E-state index contributed by atoms with van der Waals surface area (Å²) in [6, 6.07) is 5.00. The molecule has 2 aromatic heterocycles. The van der Waals surface area contributed by atoms with E-state index in [0.717, 1.165) is 0 Å². The summed E-state index contributed by atoms with van der Waals surface area (Å²) in [5, 5.41) is 0. The van der Waals surface area contributed by atoms with Crippen LogP contribution in [0.25, 0.3) is 5.52 Å². The topological polar surface area (TPSA) is 83.3 Å². The van der Waals surface area contributed by atoms with Crippen molar-refractivity contribution < 1.29 is 28.6 Å². The van der Waals surface area contributed by atoms with E-state index in [4.69, 9.17) is 14.2 Å². The van der Waals surface area contributed by atoms with Gasteiger partial charge in [0.15, 0.2) is 0 Å². The fourth-order valence-corrected chi connectivity index (χ4v) is 2.42. The second-order valence-corrected chi connectivity index (χ2v) is 4.72. The van der Waals surface area contributed by atoms with Crippen LogP contribution in [-0.4, -0.2) is 42.1 Å². The quantitative estimate of drug-likeness (QED) is 0.596. The minimum absolute atomic E-state index is 0.000969. The van der Waals surface area contributed by atoms with Gasteiger partial charge in [0.2, 0.25) is 0 Å². The predicted octanol–water partition coefficient (Wildman–Crippen LogP) is 2.47. The molecule has 7 nitrogen and oxygen atoms in total. The first-order valence-electron chi connectivity index (χ1n) is 7.71. The lowest BCUT2D eigenvalue weighted by Gasteiger charge is -2.07. The van der Waals surface area contributed by atoms with E-state index in [9.17, 15) is 14.4 Å². The van der Waals surface area contributed by atoms with Crippen LogP contribution in [-0.2, 0) is 14.2 Å². The predicted molar refractivity (Wildman–Crippen MR) is 85.3 cm³/mol. The molecule has 0 atom stereocenters. The molecular formula is C17H19NO6. The van der Waals surface area contributed by atoms with Crippen LogP contribution in [0.3, 0.4) is 0 Å². The van der Waals surface area contributed by atoms with Crippen LogP contribution in [0.2, 0.25) is 0 Å². The second-order valence-electron chi connectivity index (χ2n) is 4.72. The third kappa shape index (κ3) is 3.10. The van der Waals surface area contributed by atoms with Crippen molar-refractivity contribution in [3.05, 3.63) is 41.2 Å². The SMILES string of the molecule is CCOC(=O)c1c(C(=O)OCC)c2ccccn2c1C(=O)OCC. The third-order valence-corrected chi connectivity index (χ3v) is 3.27. The summed E-state index contributed by atoms with van der Waals surface area (Å²) in [6.45, 7) is 5.34. The minimum Gasteiger partial charge on any atom is -0.462 e. The monoisotopic (exact) mass is 333 g/mol. The standard InChI is InChI=1S/C17H19NO6/c1-4-22-15(19)12-11-9-7-8-10-18(11)14(17(21)24-6-3)13(12)16(20)23-5-2/h7-10H,4-6H2,1-3H3. The summed E-state index contributed by atoms with van der Waals surface area (Å²) in [5.74, 6) is -2.18. The highest BCUT2D eigenvalue weighted by Gasteiger charge is 2.33. The molecule has 2 rings (SSSR count). The van der Waals surface area contributed by atoms with E-state index in [1.807, 2.05) is 0 Å². The Hall–Kier alpha value is -2.83. The Kier molecular flexibility index (Phi) is 5.57. The zero-order chi connectivity index (χ0) is 17.7. The van der Waals surface area contributed by atoms with Gasteiger partial charge < -0.3 is 18.6 Å². The van der Waals surface area contributed by atoms with Crippen LogP contribution in [0.4, 0.5) is 0 Å². The molecule has 0 aliphatic rings. The van der Waals surface area contributed by atoms with Crippen LogP contribution >= 0.6 is 0 Å². The zero-order valence-electron chi connectivity index (χ0n) is 13.8. The highest BCUT2D eigenvalue weighted by Crippen LogP contribution is 2.26. The van der Waals surface area contributed by atoms with E-state index in [-0.39, 0.29) is 36.6 Å². The molecule has 0 aliphatic heterocycles. The van der Waals surface area contributed by atoms with Gasteiger partial charge in [-0.1, -0.05) is 6.07 Å². The van der Waals surface area contributed by atoms with Gasteiger partial charge in [-0.2, -0.15) is 0 Å². The minimum atomic E-state index is -0.771. The molecule has 2 aromatic rings. The van der Waals surface area contributed by atoms with E-state index in [2.05, 4.69) is 0 Å². The fraction of sp³-hybridized carbons (Fsp3) is 0.353. The van der Waals surface area contributed by atoms with Crippen LogP contribution in [0.15, 0.2) is 24.4 Å². The van der Waals surface area contributed by atoms with Crippen LogP contribution < -0.4 is 0 Å². The van der Waals surface area contributed by atoms with Gasteiger partial charge in [0.25, 0.3) is 0 Å². The number of hydrogen-bond acceptors (Lipinski definition) is 6. The van der Waals surface area contributed by atoms with Crippen molar-refractivity contribution in [2.75, 3.05) is 19.8 Å². The van der Waals surface area contributed by atoms with E-state index in [1.165, 1.54) is 4.40 Å². The van der Waals surface area contributed by atoms with E-state index in [0.29, 0.717) is 5.52 Å². The van der Waals surface area contributed by atoms with Crippen molar-refractivity contribution in [2.45, 2.75) is 20.8 Å². The second kappa shape index (κ2) is 7.63. The highest BCUT2D eigenvalue weighted by molar-refractivity contribution is 6.14. The lowest BCUT2D eigenvalue weighted by Crippen LogP contribution is -2.17. The Balaban J connectivity index is 2.81. The molecule has 0 amide bonds. The molecule has 7 heteroatoms. The number of ether oxygens (including phenoxy) is 3. The van der Waals surface area contributed by atoms with Gasteiger partial charge in [0, 0.05) is 6.20 Å².